The second-order valence-corrected chi connectivity index (χ2v) is 4.66. The van der Waals surface area contributed by atoms with Crippen LogP contribution in [-0.4, -0.2) is 48.1 Å². The molecule has 23 heavy (non-hydrogen) atoms. The first-order chi connectivity index (χ1) is 11.2. The van der Waals surface area contributed by atoms with Crippen LogP contribution in [0, 0.1) is 68.0 Å². The lowest BCUT2D eigenvalue weighted by molar-refractivity contribution is 0.250. The van der Waals surface area contributed by atoms with Crippen LogP contribution in [0.25, 0.3) is 0 Å². The normalized spacial score (nSPS) is 12.0. The Kier molecular flexibility index (Phi) is 10.9. The van der Waals surface area contributed by atoms with Crippen molar-refractivity contribution in [2.75, 3.05) is 26.2 Å². The fourth-order valence-corrected chi connectivity index (χ4v) is 2.08. The zero-order valence-electron chi connectivity index (χ0n) is 12.7. The third-order valence-corrected chi connectivity index (χ3v) is 3.23. The van der Waals surface area contributed by atoms with Gasteiger partial charge >= 0.3 is 0 Å². The van der Waals surface area contributed by atoms with Gasteiger partial charge in [0, 0.05) is 0 Å². The molecule has 0 bridgehead atoms. The summed E-state index contributed by atoms with van der Waals surface area (Å²) >= 11 is 0. The molecule has 0 aliphatic heterocycles. The minimum atomic E-state index is -0.575. The molecule has 0 spiro atoms. The Labute approximate surface area is 136 Å². The van der Waals surface area contributed by atoms with Crippen molar-refractivity contribution in [3.63, 3.8) is 0 Å². The van der Waals surface area contributed by atoms with E-state index in [9.17, 15) is 10.5 Å². The number of nitriles is 6. The monoisotopic (exact) mass is 308 g/mol. The molecule has 0 saturated carbocycles. The lowest BCUT2D eigenvalue weighted by Crippen LogP contribution is -2.37. The summed E-state index contributed by atoms with van der Waals surface area (Å²) in [5.74, 6) is 0. The van der Waals surface area contributed by atoms with Gasteiger partial charge in [0.15, 0.2) is 0 Å². The van der Waals surface area contributed by atoms with E-state index in [1.807, 2.05) is 24.3 Å². The molecule has 0 radical (unpaired) electrons. The van der Waals surface area contributed by atoms with E-state index in [0.717, 1.165) is 0 Å². The lowest BCUT2D eigenvalue weighted by atomic mass is 10.0. The molecule has 2 atom stereocenters. The zero-order valence-corrected chi connectivity index (χ0v) is 12.7. The number of rotatable bonds is 10. The van der Waals surface area contributed by atoms with Crippen molar-refractivity contribution in [3.05, 3.63) is 0 Å². The smallest absolute Gasteiger partial charge is 0.0994 e. The predicted octanol–water partition coefficient (Wildman–Crippen LogP) is 0.639. The third-order valence-electron chi connectivity index (χ3n) is 3.23. The topological polar surface area (TPSA) is 149 Å². The van der Waals surface area contributed by atoms with Gasteiger partial charge in [0.05, 0.1) is 74.7 Å². The van der Waals surface area contributed by atoms with Crippen molar-refractivity contribution in [1.29, 1.82) is 31.6 Å². The van der Waals surface area contributed by atoms with Gasteiger partial charge in [0.2, 0.25) is 0 Å². The van der Waals surface area contributed by atoms with Crippen LogP contribution in [0.5, 0.6) is 0 Å². The average molecular weight is 308 g/mol. The summed E-state index contributed by atoms with van der Waals surface area (Å²) in [4.78, 5) is 2.95. The van der Waals surface area contributed by atoms with Gasteiger partial charge in [0.25, 0.3) is 0 Å². The molecule has 2 unspecified atom stereocenters. The van der Waals surface area contributed by atoms with E-state index in [0.29, 0.717) is 19.3 Å². The highest BCUT2D eigenvalue weighted by Crippen LogP contribution is 2.12. The molecule has 0 aromatic heterocycles. The van der Waals surface area contributed by atoms with Gasteiger partial charge < -0.3 is 0 Å². The van der Waals surface area contributed by atoms with Crippen LogP contribution < -0.4 is 0 Å². The minimum absolute atomic E-state index is 0.0115. The fraction of sp³-hybridized carbons (Fsp3) is 0.600. The Balaban J connectivity index is 4.64. The molecule has 0 heterocycles. The van der Waals surface area contributed by atoms with E-state index in [4.69, 9.17) is 21.0 Å². The summed E-state index contributed by atoms with van der Waals surface area (Å²) in [5, 5.41) is 53.3. The molecular weight excluding hydrogens is 292 g/mol. The van der Waals surface area contributed by atoms with Gasteiger partial charge in [0.1, 0.15) is 0 Å². The molecule has 0 N–H and O–H groups in total. The van der Waals surface area contributed by atoms with E-state index in [1.165, 1.54) is 9.80 Å². The van der Waals surface area contributed by atoms with Gasteiger partial charge in [-0.2, -0.15) is 31.6 Å². The van der Waals surface area contributed by atoms with Crippen LogP contribution in [0.2, 0.25) is 0 Å². The van der Waals surface area contributed by atoms with Crippen LogP contribution in [0.3, 0.4) is 0 Å². The summed E-state index contributed by atoms with van der Waals surface area (Å²) < 4.78 is 0. The Bertz CT molecular complexity index is 514. The maximum atomic E-state index is 9.18. The summed E-state index contributed by atoms with van der Waals surface area (Å²) in [7, 11) is 0. The van der Waals surface area contributed by atoms with Gasteiger partial charge in [-0.15, -0.1) is 0 Å². The van der Waals surface area contributed by atoms with Crippen LogP contribution in [0.15, 0.2) is 0 Å². The molecule has 0 amide bonds. The Morgan fingerprint density at radius 1 is 0.565 bits per heavy atom. The van der Waals surface area contributed by atoms with Gasteiger partial charge in [-0.05, 0) is 19.3 Å². The molecule has 0 fully saturated rings. The SMILES string of the molecule is N#CCN(CC#N)C(C#N)CCCC(C#N)N(CC#N)CC#N. The van der Waals surface area contributed by atoms with Crippen LogP contribution in [-0.2, 0) is 0 Å². The number of nitrogens with zero attached hydrogens (tertiary/aromatic N) is 8. The molecule has 0 rings (SSSR count). The number of hydrogen-bond acceptors (Lipinski definition) is 8. The second kappa shape index (κ2) is 12.6. The highest BCUT2D eigenvalue weighted by Gasteiger charge is 2.21. The van der Waals surface area contributed by atoms with Crippen molar-refractivity contribution < 1.29 is 0 Å². The number of hydrogen-bond donors (Lipinski definition) is 0. The molecule has 0 aliphatic rings. The largest absolute Gasteiger partial charge is 0.261 e. The highest BCUT2D eigenvalue weighted by atomic mass is 15.2. The maximum Gasteiger partial charge on any atom is 0.0994 e. The van der Waals surface area contributed by atoms with Crippen molar-refractivity contribution in [1.82, 2.24) is 9.80 Å². The predicted molar refractivity (Wildman–Crippen MR) is 78.3 cm³/mol. The Morgan fingerprint density at radius 2 is 0.870 bits per heavy atom. The third kappa shape index (κ3) is 7.43. The van der Waals surface area contributed by atoms with E-state index < -0.39 is 12.1 Å². The molecule has 116 valence electrons. The zero-order chi connectivity index (χ0) is 17.5. The summed E-state index contributed by atoms with van der Waals surface area (Å²) in [5.41, 5.74) is 0. The Hall–Kier alpha value is -3.14. The van der Waals surface area contributed by atoms with Crippen molar-refractivity contribution in [2.24, 2.45) is 0 Å². The first-order valence-electron chi connectivity index (χ1n) is 6.93. The van der Waals surface area contributed by atoms with Crippen molar-refractivity contribution >= 4 is 0 Å². The molecule has 0 aromatic rings. The highest BCUT2D eigenvalue weighted by molar-refractivity contribution is 5.00. The molecule has 0 saturated heterocycles. The van der Waals surface area contributed by atoms with Crippen LogP contribution >= 0.6 is 0 Å². The second-order valence-electron chi connectivity index (χ2n) is 4.66. The van der Waals surface area contributed by atoms with E-state index in [-0.39, 0.29) is 26.2 Å². The summed E-state index contributed by atoms with van der Waals surface area (Å²) in [6.45, 7) is -0.0458. The van der Waals surface area contributed by atoms with Crippen molar-refractivity contribution in [3.8, 4) is 36.4 Å². The standard InChI is InChI=1S/C15H16N8/c16-4-8-22(9-5-17)14(12-20)2-1-3-15(13-21)23(10-6-18)11-7-19/h14-15H,1-3,8-11H2. The lowest BCUT2D eigenvalue weighted by Gasteiger charge is -2.24. The molecule has 0 aliphatic carbocycles. The van der Waals surface area contributed by atoms with Crippen LogP contribution in [0.1, 0.15) is 19.3 Å². The van der Waals surface area contributed by atoms with E-state index in [2.05, 4.69) is 12.1 Å². The van der Waals surface area contributed by atoms with Crippen LogP contribution in [0.4, 0.5) is 0 Å². The first-order valence-corrected chi connectivity index (χ1v) is 6.93. The van der Waals surface area contributed by atoms with Gasteiger partial charge in [-0.25, -0.2) is 0 Å². The molecule has 8 nitrogen and oxygen atoms in total. The molecule has 0 aromatic carbocycles. The minimum Gasteiger partial charge on any atom is -0.261 e. The van der Waals surface area contributed by atoms with E-state index >= 15 is 0 Å². The summed E-state index contributed by atoms with van der Waals surface area (Å²) in [6, 6.07) is 10.7. The van der Waals surface area contributed by atoms with Crippen molar-refractivity contribution in [2.45, 2.75) is 31.3 Å². The summed E-state index contributed by atoms with van der Waals surface area (Å²) in [6.07, 6.45) is 1.33. The van der Waals surface area contributed by atoms with E-state index in [1.54, 1.807) is 0 Å². The quantitative estimate of drug-likeness (QED) is 0.533. The van der Waals surface area contributed by atoms with Gasteiger partial charge in [-0.3, -0.25) is 9.80 Å². The molecular formula is C15H16N8. The fourth-order valence-electron chi connectivity index (χ4n) is 2.08. The maximum absolute atomic E-state index is 9.18. The van der Waals surface area contributed by atoms with Gasteiger partial charge in [-0.1, -0.05) is 0 Å². The molecule has 8 heteroatoms. The first kappa shape index (κ1) is 19.9. The Morgan fingerprint density at radius 3 is 1.09 bits per heavy atom. The average Bonchev–Trinajstić information content (AvgIpc) is 2.55.